The Morgan fingerprint density at radius 2 is 1.88 bits per heavy atom. The predicted octanol–water partition coefficient (Wildman–Crippen LogP) is 0.264. The molecule has 1 aliphatic rings. The average molecular weight is 249 g/mol. The van der Waals surface area contributed by atoms with Gasteiger partial charge in [-0.3, -0.25) is 4.79 Å². The van der Waals surface area contributed by atoms with Crippen LogP contribution in [0.2, 0.25) is 0 Å². The molecule has 0 saturated carbocycles. The molecular formula is C10H19NO4S. The van der Waals surface area contributed by atoms with Gasteiger partial charge in [0.05, 0.1) is 5.75 Å². The van der Waals surface area contributed by atoms with Crippen LogP contribution in [-0.4, -0.2) is 43.1 Å². The van der Waals surface area contributed by atoms with Gasteiger partial charge in [0.2, 0.25) is 0 Å². The molecule has 1 aliphatic heterocycles. The molecule has 1 saturated heterocycles. The molecule has 0 aromatic heterocycles. The number of aliphatic carboxylic acids is 1. The first-order valence-corrected chi connectivity index (χ1v) is 7.09. The molecule has 0 aliphatic carbocycles. The lowest BCUT2D eigenvalue weighted by Crippen LogP contribution is -2.44. The van der Waals surface area contributed by atoms with Crippen molar-refractivity contribution in [2.75, 3.05) is 18.8 Å². The molecule has 1 fully saturated rings. The van der Waals surface area contributed by atoms with Crippen LogP contribution in [-0.2, 0) is 14.6 Å². The smallest absolute Gasteiger partial charge is 0.324 e. The molecule has 0 spiro atoms. The number of carbonyl (C=O) groups is 1. The van der Waals surface area contributed by atoms with Gasteiger partial charge in [-0.2, -0.15) is 0 Å². The quantitative estimate of drug-likeness (QED) is 0.747. The molecule has 0 aromatic rings. The zero-order chi connectivity index (χ0) is 12.4. The summed E-state index contributed by atoms with van der Waals surface area (Å²) < 4.78 is 22.2. The highest BCUT2D eigenvalue weighted by Gasteiger charge is 2.42. The Labute approximate surface area is 96.1 Å². The van der Waals surface area contributed by atoms with Crippen LogP contribution in [0.5, 0.6) is 0 Å². The molecule has 0 radical (unpaired) electrons. The van der Waals surface area contributed by atoms with Crippen molar-refractivity contribution in [2.24, 2.45) is 5.92 Å². The maximum Gasteiger partial charge on any atom is 0.324 e. The van der Waals surface area contributed by atoms with E-state index in [0.717, 1.165) is 25.9 Å². The third kappa shape index (κ3) is 2.74. The van der Waals surface area contributed by atoms with E-state index in [1.165, 1.54) is 13.8 Å². The lowest BCUT2D eigenvalue weighted by atomic mass is 10.0. The van der Waals surface area contributed by atoms with Gasteiger partial charge in [0, 0.05) is 0 Å². The van der Waals surface area contributed by atoms with Crippen LogP contribution in [0, 0.1) is 5.92 Å². The van der Waals surface area contributed by atoms with E-state index in [9.17, 15) is 13.2 Å². The number of carboxylic acids is 1. The van der Waals surface area contributed by atoms with Crippen LogP contribution in [0.25, 0.3) is 0 Å². The number of sulfone groups is 1. The molecule has 94 valence electrons. The minimum absolute atomic E-state index is 0.0199. The van der Waals surface area contributed by atoms with Gasteiger partial charge in [-0.25, -0.2) is 8.42 Å². The minimum Gasteiger partial charge on any atom is -0.480 e. The largest absolute Gasteiger partial charge is 0.480 e. The number of carboxylic acid groups (broad SMARTS) is 1. The minimum atomic E-state index is -3.59. The summed E-state index contributed by atoms with van der Waals surface area (Å²) in [6.07, 6.45) is 1.60. The second-order valence-corrected chi connectivity index (χ2v) is 7.37. The second-order valence-electron chi connectivity index (χ2n) is 4.79. The highest BCUT2D eigenvalue weighted by atomic mass is 32.2. The summed E-state index contributed by atoms with van der Waals surface area (Å²) in [5.74, 6) is -1.21. The van der Waals surface area contributed by atoms with E-state index in [4.69, 9.17) is 5.11 Å². The molecule has 0 unspecified atom stereocenters. The van der Waals surface area contributed by atoms with Crippen molar-refractivity contribution < 1.29 is 18.3 Å². The van der Waals surface area contributed by atoms with Crippen LogP contribution in [0.3, 0.4) is 0 Å². The predicted molar refractivity (Wildman–Crippen MR) is 61.1 cm³/mol. The van der Waals surface area contributed by atoms with Crippen molar-refractivity contribution in [3.05, 3.63) is 0 Å². The third-order valence-electron chi connectivity index (χ3n) is 3.21. The Hall–Kier alpha value is -0.620. The van der Waals surface area contributed by atoms with E-state index in [-0.39, 0.29) is 11.7 Å². The molecule has 1 heterocycles. The number of piperidine rings is 1. The Bertz CT molecular complexity index is 355. The van der Waals surface area contributed by atoms with Crippen molar-refractivity contribution in [1.29, 1.82) is 0 Å². The first kappa shape index (κ1) is 13.4. The fourth-order valence-electron chi connectivity index (χ4n) is 1.70. The van der Waals surface area contributed by atoms with Gasteiger partial charge < -0.3 is 10.4 Å². The molecular weight excluding hydrogens is 230 g/mol. The molecule has 0 bridgehead atoms. The Balaban J connectivity index is 2.74. The maximum atomic E-state index is 12.0. The van der Waals surface area contributed by atoms with Crippen molar-refractivity contribution >= 4 is 15.8 Å². The van der Waals surface area contributed by atoms with Crippen LogP contribution < -0.4 is 5.32 Å². The van der Waals surface area contributed by atoms with Gasteiger partial charge in [-0.05, 0) is 45.7 Å². The van der Waals surface area contributed by atoms with Gasteiger partial charge >= 0.3 is 5.97 Å². The van der Waals surface area contributed by atoms with Gasteiger partial charge in [0.1, 0.15) is 0 Å². The third-order valence-corrected chi connectivity index (χ3v) is 5.85. The molecule has 0 aromatic carbocycles. The van der Waals surface area contributed by atoms with Gasteiger partial charge in [-0.1, -0.05) is 0 Å². The lowest BCUT2D eigenvalue weighted by molar-refractivity contribution is -0.139. The summed E-state index contributed by atoms with van der Waals surface area (Å²) in [6, 6.07) is 0. The first-order valence-electron chi connectivity index (χ1n) is 5.44. The number of hydrogen-bond donors (Lipinski definition) is 2. The summed E-state index contributed by atoms with van der Waals surface area (Å²) in [6.45, 7) is 4.14. The SMILES string of the molecule is CC(C)(C(=O)O)S(=O)(=O)CC1CCNCC1. The van der Waals surface area contributed by atoms with Crippen molar-refractivity contribution in [1.82, 2.24) is 5.32 Å². The molecule has 16 heavy (non-hydrogen) atoms. The Morgan fingerprint density at radius 1 is 1.38 bits per heavy atom. The Kier molecular flexibility index (Phi) is 3.96. The van der Waals surface area contributed by atoms with Crippen molar-refractivity contribution in [3.63, 3.8) is 0 Å². The highest BCUT2D eigenvalue weighted by molar-refractivity contribution is 7.93. The maximum absolute atomic E-state index is 12.0. The number of hydrogen-bond acceptors (Lipinski definition) is 4. The normalized spacial score (nSPS) is 19.6. The summed E-state index contributed by atoms with van der Waals surface area (Å²) in [4.78, 5) is 10.9. The molecule has 1 rings (SSSR count). The lowest BCUT2D eigenvalue weighted by Gasteiger charge is -2.26. The van der Waals surface area contributed by atoms with Crippen molar-refractivity contribution in [2.45, 2.75) is 31.4 Å². The summed E-state index contributed by atoms with van der Waals surface area (Å²) >= 11 is 0. The molecule has 5 nitrogen and oxygen atoms in total. The van der Waals surface area contributed by atoms with Gasteiger partial charge in [0.25, 0.3) is 0 Å². The number of nitrogens with one attached hydrogen (secondary N) is 1. The summed E-state index contributed by atoms with van der Waals surface area (Å²) in [5, 5.41) is 12.1. The van der Waals surface area contributed by atoms with E-state index in [1.54, 1.807) is 0 Å². The zero-order valence-electron chi connectivity index (χ0n) is 9.69. The summed E-state index contributed by atoms with van der Waals surface area (Å²) in [5.41, 5.74) is 0. The molecule has 0 amide bonds. The van der Waals surface area contributed by atoms with Crippen LogP contribution in [0.4, 0.5) is 0 Å². The van der Waals surface area contributed by atoms with Crippen molar-refractivity contribution in [3.8, 4) is 0 Å². The van der Waals surface area contributed by atoms with E-state index in [1.807, 2.05) is 0 Å². The standard InChI is InChI=1S/C10H19NO4S/c1-10(2,9(12)13)16(14,15)7-8-3-5-11-6-4-8/h8,11H,3-7H2,1-2H3,(H,12,13). The van der Waals surface area contributed by atoms with E-state index in [2.05, 4.69) is 5.32 Å². The Morgan fingerprint density at radius 3 is 2.31 bits per heavy atom. The van der Waals surface area contributed by atoms with E-state index in [0.29, 0.717) is 0 Å². The van der Waals surface area contributed by atoms with Crippen LogP contribution in [0.1, 0.15) is 26.7 Å². The average Bonchev–Trinajstić information content (AvgIpc) is 2.18. The number of rotatable bonds is 4. The van der Waals surface area contributed by atoms with E-state index >= 15 is 0 Å². The fourth-order valence-corrected chi connectivity index (χ4v) is 3.34. The van der Waals surface area contributed by atoms with Crippen LogP contribution >= 0.6 is 0 Å². The van der Waals surface area contributed by atoms with Crippen LogP contribution in [0.15, 0.2) is 0 Å². The monoisotopic (exact) mass is 249 g/mol. The van der Waals surface area contributed by atoms with Gasteiger partial charge in [0.15, 0.2) is 14.6 Å². The highest BCUT2D eigenvalue weighted by Crippen LogP contribution is 2.23. The fraction of sp³-hybridized carbons (Fsp3) is 0.900. The topological polar surface area (TPSA) is 83.5 Å². The summed E-state index contributed by atoms with van der Waals surface area (Å²) in [7, 11) is -3.59. The zero-order valence-corrected chi connectivity index (χ0v) is 10.5. The first-order chi connectivity index (χ1) is 7.27. The molecule has 6 heteroatoms. The van der Waals surface area contributed by atoms with Gasteiger partial charge in [-0.15, -0.1) is 0 Å². The van der Waals surface area contributed by atoms with E-state index < -0.39 is 20.6 Å². The second kappa shape index (κ2) is 4.71. The molecule has 2 N–H and O–H groups in total. The molecule has 0 atom stereocenters.